The summed E-state index contributed by atoms with van der Waals surface area (Å²) in [6.45, 7) is 3.82. The van der Waals surface area contributed by atoms with Crippen molar-refractivity contribution in [3.05, 3.63) is 87.4 Å². The van der Waals surface area contributed by atoms with Crippen molar-refractivity contribution in [1.29, 1.82) is 0 Å². The molecule has 4 aromatic rings. The Labute approximate surface area is 218 Å². The van der Waals surface area contributed by atoms with Crippen LogP contribution in [0.25, 0.3) is 10.9 Å². The standard InChI is InChI=1S/C27H23ClN6O3/c1-27(8-7-18-12-23-21(14-24(18)34(35)36)26(29)32-17-31-23)9-11-33(16-27)20-5-6-25(22(28)13-20)37-15-19-4-2-3-10-30-19/h2-6,10,12-14,17H,9,11,15-16H2,1H3,(H2,29,31,32). The third kappa shape index (κ3) is 5.25. The van der Waals surface area contributed by atoms with Crippen molar-refractivity contribution >= 4 is 39.7 Å². The minimum atomic E-state index is -0.460. The first kappa shape index (κ1) is 24.3. The van der Waals surface area contributed by atoms with Gasteiger partial charge in [0.15, 0.2) is 0 Å². The number of nitrogens with two attached hydrogens (primary N) is 1. The molecular weight excluding hydrogens is 492 g/mol. The third-order valence-corrected chi connectivity index (χ3v) is 6.63. The van der Waals surface area contributed by atoms with E-state index in [0.717, 1.165) is 24.3 Å². The molecule has 0 aliphatic carbocycles. The molecule has 0 bridgehead atoms. The van der Waals surface area contributed by atoms with E-state index in [1.807, 2.05) is 36.4 Å². The summed E-state index contributed by atoms with van der Waals surface area (Å²) in [5.41, 5.74) is 7.98. The Hall–Kier alpha value is -4.42. The van der Waals surface area contributed by atoms with E-state index < -0.39 is 4.92 Å². The molecule has 10 heteroatoms. The summed E-state index contributed by atoms with van der Waals surface area (Å²) in [6, 6.07) is 14.3. The van der Waals surface area contributed by atoms with Gasteiger partial charge >= 0.3 is 0 Å². The lowest BCUT2D eigenvalue weighted by atomic mass is 9.90. The Morgan fingerprint density at radius 2 is 2.08 bits per heavy atom. The van der Waals surface area contributed by atoms with E-state index in [2.05, 4.69) is 38.6 Å². The molecule has 3 heterocycles. The molecule has 1 aliphatic rings. The third-order valence-electron chi connectivity index (χ3n) is 6.33. The molecule has 2 aromatic carbocycles. The minimum Gasteiger partial charge on any atom is -0.486 e. The first-order chi connectivity index (χ1) is 17.8. The number of nitrogens with zero attached hydrogens (tertiary/aromatic N) is 5. The first-order valence-corrected chi connectivity index (χ1v) is 12.0. The molecule has 0 saturated carbocycles. The van der Waals surface area contributed by atoms with E-state index in [1.165, 1.54) is 12.4 Å². The second kappa shape index (κ2) is 9.91. The average Bonchev–Trinajstić information content (AvgIpc) is 3.29. The fourth-order valence-electron chi connectivity index (χ4n) is 4.30. The Bertz CT molecular complexity index is 1550. The second-order valence-corrected chi connectivity index (χ2v) is 9.52. The number of aromatic nitrogens is 3. The molecule has 9 nitrogen and oxygen atoms in total. The van der Waals surface area contributed by atoms with E-state index in [9.17, 15) is 10.1 Å². The van der Waals surface area contributed by atoms with Crippen LogP contribution in [0.15, 0.2) is 61.1 Å². The molecule has 1 atom stereocenters. The van der Waals surface area contributed by atoms with Crippen molar-refractivity contribution in [2.45, 2.75) is 20.0 Å². The molecule has 2 N–H and O–H groups in total. The highest BCUT2D eigenvalue weighted by atomic mass is 35.5. The van der Waals surface area contributed by atoms with Gasteiger partial charge in [0.25, 0.3) is 5.69 Å². The van der Waals surface area contributed by atoms with Crippen molar-refractivity contribution in [1.82, 2.24) is 15.0 Å². The van der Waals surface area contributed by atoms with E-state index in [4.69, 9.17) is 22.1 Å². The van der Waals surface area contributed by atoms with Gasteiger partial charge in [0.05, 0.1) is 21.2 Å². The monoisotopic (exact) mass is 514 g/mol. The summed E-state index contributed by atoms with van der Waals surface area (Å²) in [5, 5.41) is 12.6. The highest BCUT2D eigenvalue weighted by molar-refractivity contribution is 6.32. The number of nitro benzene ring substituents is 1. The maximum Gasteiger partial charge on any atom is 0.285 e. The number of ether oxygens (including phenoxy) is 1. The molecule has 0 radical (unpaired) electrons. The van der Waals surface area contributed by atoms with Crippen molar-refractivity contribution in [3.63, 3.8) is 0 Å². The number of rotatable bonds is 5. The number of pyridine rings is 1. The van der Waals surface area contributed by atoms with E-state index in [1.54, 1.807) is 12.3 Å². The Kier molecular flexibility index (Phi) is 6.51. The van der Waals surface area contributed by atoms with Crippen LogP contribution in [0.4, 0.5) is 17.2 Å². The van der Waals surface area contributed by atoms with Crippen molar-refractivity contribution in [2.24, 2.45) is 5.41 Å². The van der Waals surface area contributed by atoms with Gasteiger partial charge < -0.3 is 15.4 Å². The maximum atomic E-state index is 11.7. The molecule has 1 aliphatic heterocycles. The van der Waals surface area contributed by atoms with Crippen LogP contribution < -0.4 is 15.4 Å². The molecule has 1 fully saturated rings. The molecule has 186 valence electrons. The molecule has 1 unspecified atom stereocenters. The van der Waals surface area contributed by atoms with E-state index in [-0.39, 0.29) is 16.9 Å². The zero-order valence-electron chi connectivity index (χ0n) is 20.0. The quantitative estimate of drug-likeness (QED) is 0.224. The summed E-state index contributed by atoms with van der Waals surface area (Å²) >= 11 is 6.51. The number of hydrogen-bond acceptors (Lipinski definition) is 8. The lowest BCUT2D eigenvalue weighted by Crippen LogP contribution is -2.23. The predicted molar refractivity (Wildman–Crippen MR) is 142 cm³/mol. The molecule has 1 saturated heterocycles. The van der Waals surface area contributed by atoms with Crippen LogP contribution in [0.5, 0.6) is 5.75 Å². The van der Waals surface area contributed by atoms with Gasteiger partial charge in [0, 0.05) is 41.8 Å². The van der Waals surface area contributed by atoms with Crippen LogP contribution in [-0.4, -0.2) is 33.0 Å². The topological polar surface area (TPSA) is 120 Å². The largest absolute Gasteiger partial charge is 0.486 e. The molecule has 5 rings (SSSR count). The fraction of sp³-hybridized carbons (Fsp3) is 0.222. The summed E-state index contributed by atoms with van der Waals surface area (Å²) in [7, 11) is 0. The van der Waals surface area contributed by atoms with Crippen molar-refractivity contribution < 1.29 is 9.66 Å². The molecule has 0 amide bonds. The predicted octanol–water partition coefficient (Wildman–Crippen LogP) is 5.02. The summed E-state index contributed by atoms with van der Waals surface area (Å²) in [6.07, 6.45) is 3.85. The molecule has 37 heavy (non-hydrogen) atoms. The zero-order chi connectivity index (χ0) is 26.0. The number of anilines is 2. The number of hydrogen-bond donors (Lipinski definition) is 1. The summed E-state index contributed by atoms with van der Waals surface area (Å²) < 4.78 is 5.83. The van der Waals surface area contributed by atoms with Gasteiger partial charge in [-0.05, 0) is 49.7 Å². The second-order valence-electron chi connectivity index (χ2n) is 9.11. The number of fused-ring (bicyclic) bond motifs is 1. The van der Waals surface area contributed by atoms with Gasteiger partial charge in [-0.15, -0.1) is 0 Å². The number of nitrogen functional groups attached to an aromatic ring is 1. The lowest BCUT2D eigenvalue weighted by molar-refractivity contribution is -0.385. The fourth-order valence-corrected chi connectivity index (χ4v) is 4.53. The maximum absolute atomic E-state index is 11.7. The van der Waals surface area contributed by atoms with Gasteiger partial charge in [-0.1, -0.05) is 29.5 Å². The minimum absolute atomic E-state index is 0.118. The first-order valence-electron chi connectivity index (χ1n) is 11.6. The molecule has 0 spiro atoms. The van der Waals surface area contributed by atoms with Gasteiger partial charge in [-0.25, -0.2) is 9.97 Å². The SMILES string of the molecule is CC1(C#Cc2cc3ncnc(N)c3cc2[N+](=O)[O-])CCN(c2ccc(OCc3ccccn3)c(Cl)c2)C1. The lowest BCUT2D eigenvalue weighted by Gasteiger charge is -2.22. The van der Waals surface area contributed by atoms with Gasteiger partial charge in [0.1, 0.15) is 30.1 Å². The molecular formula is C27H23ClN6O3. The van der Waals surface area contributed by atoms with Crippen LogP contribution in [0.3, 0.4) is 0 Å². The van der Waals surface area contributed by atoms with E-state index in [0.29, 0.717) is 40.4 Å². The average molecular weight is 515 g/mol. The van der Waals surface area contributed by atoms with Crippen LogP contribution in [0, 0.1) is 27.4 Å². The number of benzene rings is 2. The van der Waals surface area contributed by atoms with Crippen LogP contribution >= 0.6 is 11.6 Å². The zero-order valence-corrected chi connectivity index (χ0v) is 20.8. The van der Waals surface area contributed by atoms with Crippen LogP contribution in [-0.2, 0) is 6.61 Å². The highest BCUT2D eigenvalue weighted by Crippen LogP contribution is 2.36. The summed E-state index contributed by atoms with van der Waals surface area (Å²) in [5.74, 6) is 7.10. The van der Waals surface area contributed by atoms with Gasteiger partial charge in [-0.3, -0.25) is 15.1 Å². The smallest absolute Gasteiger partial charge is 0.285 e. The van der Waals surface area contributed by atoms with Gasteiger partial charge in [-0.2, -0.15) is 0 Å². The van der Waals surface area contributed by atoms with E-state index >= 15 is 0 Å². The van der Waals surface area contributed by atoms with Crippen molar-refractivity contribution in [2.75, 3.05) is 23.7 Å². The number of nitro groups is 1. The Balaban J connectivity index is 1.33. The number of halogens is 1. The highest BCUT2D eigenvalue weighted by Gasteiger charge is 2.33. The Morgan fingerprint density at radius 3 is 2.84 bits per heavy atom. The van der Waals surface area contributed by atoms with Crippen LogP contribution in [0.1, 0.15) is 24.6 Å². The van der Waals surface area contributed by atoms with Crippen molar-refractivity contribution in [3.8, 4) is 17.6 Å². The van der Waals surface area contributed by atoms with Gasteiger partial charge in [0.2, 0.25) is 0 Å². The van der Waals surface area contributed by atoms with Crippen LogP contribution in [0.2, 0.25) is 5.02 Å². The normalized spacial score (nSPS) is 16.9. The summed E-state index contributed by atoms with van der Waals surface area (Å²) in [4.78, 5) is 25.8. The Morgan fingerprint density at radius 1 is 1.22 bits per heavy atom. The molecule has 2 aromatic heterocycles.